The quantitative estimate of drug-likeness (QED) is 0.749. The number of benzene rings is 1. The van der Waals surface area contributed by atoms with Crippen molar-refractivity contribution in [3.8, 4) is 0 Å². The lowest BCUT2D eigenvalue weighted by Gasteiger charge is -2.25. The Bertz CT molecular complexity index is 435. The first kappa shape index (κ1) is 16.3. The van der Waals surface area contributed by atoms with Crippen LogP contribution < -0.4 is 0 Å². The third-order valence-corrected chi connectivity index (χ3v) is 3.35. The van der Waals surface area contributed by atoms with Gasteiger partial charge in [-0.25, -0.2) is 0 Å². The summed E-state index contributed by atoms with van der Waals surface area (Å²) in [6.45, 7) is 7.05. The lowest BCUT2D eigenvalue weighted by Crippen LogP contribution is -2.36. The summed E-state index contributed by atoms with van der Waals surface area (Å²) in [4.78, 5) is 13.6. The van der Waals surface area contributed by atoms with Crippen LogP contribution in [0.25, 0.3) is 0 Å². The first-order valence-electron chi connectivity index (χ1n) is 6.27. The van der Waals surface area contributed by atoms with Crippen LogP contribution in [0.1, 0.15) is 26.3 Å². The van der Waals surface area contributed by atoms with E-state index in [9.17, 15) is 4.79 Å². The van der Waals surface area contributed by atoms with E-state index in [0.29, 0.717) is 23.2 Å². The normalized spacial score (nSPS) is 11.1. The molecule has 1 aromatic carbocycles. The molecule has 0 bridgehead atoms. The molecule has 0 aliphatic heterocycles. The van der Waals surface area contributed by atoms with Crippen LogP contribution in [0.15, 0.2) is 18.2 Å². The first-order valence-corrected chi connectivity index (χ1v) is 7.03. The Kier molecular flexibility index (Phi) is 6.63. The number of hydrogen-bond donors (Lipinski definition) is 0. The van der Waals surface area contributed by atoms with Crippen molar-refractivity contribution in [2.75, 3.05) is 13.2 Å². The van der Waals surface area contributed by atoms with Gasteiger partial charge in [-0.15, -0.1) is 0 Å². The first-order chi connectivity index (χ1) is 8.93. The number of halogens is 2. The summed E-state index contributed by atoms with van der Waals surface area (Å²) in [6, 6.07) is 5.55. The molecule has 0 fully saturated rings. The third kappa shape index (κ3) is 5.39. The van der Waals surface area contributed by atoms with Gasteiger partial charge in [-0.05, 0) is 44.5 Å². The largest absolute Gasteiger partial charge is 0.465 e. The highest BCUT2D eigenvalue weighted by Crippen LogP contribution is 2.22. The number of rotatable bonds is 6. The molecule has 0 aliphatic carbocycles. The maximum Gasteiger partial charge on any atom is 0.320 e. The van der Waals surface area contributed by atoms with Gasteiger partial charge in [-0.1, -0.05) is 23.2 Å². The van der Waals surface area contributed by atoms with Gasteiger partial charge in [0.05, 0.1) is 13.2 Å². The number of carbonyl (C=O) groups is 1. The summed E-state index contributed by atoms with van der Waals surface area (Å²) in [5.74, 6) is -0.227. The number of hydrogen-bond acceptors (Lipinski definition) is 3. The van der Waals surface area contributed by atoms with E-state index in [0.717, 1.165) is 5.56 Å². The van der Waals surface area contributed by atoms with Crippen molar-refractivity contribution in [1.82, 2.24) is 4.90 Å². The SMILES string of the molecule is CCOC(=O)CN(Cc1cc(Cl)ccc1Cl)C(C)C. The highest BCUT2D eigenvalue weighted by Gasteiger charge is 2.16. The minimum absolute atomic E-state index is 0.208. The van der Waals surface area contributed by atoms with Crippen molar-refractivity contribution in [2.45, 2.75) is 33.4 Å². The smallest absolute Gasteiger partial charge is 0.320 e. The second-order valence-electron chi connectivity index (χ2n) is 4.54. The Morgan fingerprint density at radius 2 is 2.05 bits per heavy atom. The minimum atomic E-state index is -0.227. The zero-order chi connectivity index (χ0) is 14.4. The Morgan fingerprint density at radius 3 is 2.63 bits per heavy atom. The summed E-state index contributed by atoms with van der Waals surface area (Å²) in [5, 5.41) is 1.29. The molecule has 0 aliphatic rings. The average molecular weight is 304 g/mol. The number of nitrogens with zero attached hydrogens (tertiary/aromatic N) is 1. The third-order valence-electron chi connectivity index (χ3n) is 2.75. The molecule has 0 N–H and O–H groups in total. The van der Waals surface area contributed by atoms with E-state index >= 15 is 0 Å². The highest BCUT2D eigenvalue weighted by atomic mass is 35.5. The summed E-state index contributed by atoms with van der Waals surface area (Å²) in [5.41, 5.74) is 0.909. The number of ether oxygens (including phenoxy) is 1. The van der Waals surface area contributed by atoms with Crippen LogP contribution in [0.2, 0.25) is 10.0 Å². The van der Waals surface area contributed by atoms with Crippen molar-refractivity contribution in [3.05, 3.63) is 33.8 Å². The van der Waals surface area contributed by atoms with Crippen LogP contribution in [0.3, 0.4) is 0 Å². The minimum Gasteiger partial charge on any atom is -0.465 e. The molecule has 0 spiro atoms. The van der Waals surface area contributed by atoms with E-state index in [2.05, 4.69) is 0 Å². The molecule has 0 saturated carbocycles. The second kappa shape index (κ2) is 7.73. The standard InChI is InChI=1S/C14H19Cl2NO2/c1-4-19-14(18)9-17(10(2)3)8-11-7-12(15)5-6-13(11)16/h5-7,10H,4,8-9H2,1-3H3. The van der Waals surface area contributed by atoms with Crippen molar-refractivity contribution < 1.29 is 9.53 Å². The summed E-state index contributed by atoms with van der Waals surface area (Å²) in [6.07, 6.45) is 0. The Labute approximate surface area is 124 Å². The molecule has 0 saturated heterocycles. The van der Waals surface area contributed by atoms with Gasteiger partial charge in [0.25, 0.3) is 0 Å². The van der Waals surface area contributed by atoms with E-state index in [1.807, 2.05) is 24.8 Å². The van der Waals surface area contributed by atoms with Crippen molar-refractivity contribution >= 4 is 29.2 Å². The molecule has 1 aromatic rings. The van der Waals surface area contributed by atoms with Gasteiger partial charge in [-0.2, -0.15) is 0 Å². The molecule has 1 rings (SSSR count). The Morgan fingerprint density at radius 1 is 1.37 bits per heavy atom. The fourth-order valence-corrected chi connectivity index (χ4v) is 2.05. The van der Waals surface area contributed by atoms with E-state index in [-0.39, 0.29) is 18.6 Å². The molecule has 0 amide bonds. The van der Waals surface area contributed by atoms with Crippen LogP contribution in [0, 0.1) is 0 Å². The zero-order valence-corrected chi connectivity index (χ0v) is 13.0. The summed E-state index contributed by atoms with van der Waals surface area (Å²) < 4.78 is 4.97. The van der Waals surface area contributed by atoms with Crippen LogP contribution in [-0.4, -0.2) is 30.1 Å². The average Bonchev–Trinajstić information content (AvgIpc) is 2.33. The molecule has 0 atom stereocenters. The van der Waals surface area contributed by atoms with Crippen LogP contribution in [0.5, 0.6) is 0 Å². The summed E-state index contributed by atoms with van der Waals surface area (Å²) >= 11 is 12.1. The summed E-state index contributed by atoms with van der Waals surface area (Å²) in [7, 11) is 0. The van der Waals surface area contributed by atoms with Gasteiger partial charge in [0.2, 0.25) is 0 Å². The maximum absolute atomic E-state index is 11.6. The van der Waals surface area contributed by atoms with E-state index in [4.69, 9.17) is 27.9 Å². The Hall–Kier alpha value is -0.770. The van der Waals surface area contributed by atoms with E-state index < -0.39 is 0 Å². The molecular formula is C14H19Cl2NO2. The van der Waals surface area contributed by atoms with Crippen molar-refractivity contribution in [3.63, 3.8) is 0 Å². The molecule has 5 heteroatoms. The van der Waals surface area contributed by atoms with Crippen LogP contribution in [-0.2, 0) is 16.1 Å². The van der Waals surface area contributed by atoms with Gasteiger partial charge in [0, 0.05) is 22.6 Å². The van der Waals surface area contributed by atoms with Crippen LogP contribution in [0.4, 0.5) is 0 Å². The fourth-order valence-electron chi connectivity index (χ4n) is 1.68. The van der Waals surface area contributed by atoms with Gasteiger partial charge >= 0.3 is 5.97 Å². The van der Waals surface area contributed by atoms with Crippen molar-refractivity contribution in [1.29, 1.82) is 0 Å². The van der Waals surface area contributed by atoms with E-state index in [1.165, 1.54) is 0 Å². The lowest BCUT2D eigenvalue weighted by atomic mass is 10.2. The molecule has 0 unspecified atom stereocenters. The zero-order valence-electron chi connectivity index (χ0n) is 11.5. The van der Waals surface area contributed by atoms with Gasteiger partial charge in [0.15, 0.2) is 0 Å². The second-order valence-corrected chi connectivity index (χ2v) is 5.38. The predicted octanol–water partition coefficient (Wildman–Crippen LogP) is 3.77. The van der Waals surface area contributed by atoms with E-state index in [1.54, 1.807) is 19.1 Å². The Balaban J connectivity index is 2.78. The highest BCUT2D eigenvalue weighted by molar-refractivity contribution is 6.33. The molecule has 0 aromatic heterocycles. The topological polar surface area (TPSA) is 29.5 Å². The predicted molar refractivity (Wildman–Crippen MR) is 78.6 cm³/mol. The van der Waals surface area contributed by atoms with Gasteiger partial charge in [-0.3, -0.25) is 9.69 Å². The molecule has 0 radical (unpaired) electrons. The van der Waals surface area contributed by atoms with Gasteiger partial charge in [0.1, 0.15) is 0 Å². The maximum atomic E-state index is 11.6. The molecule has 19 heavy (non-hydrogen) atoms. The van der Waals surface area contributed by atoms with Crippen molar-refractivity contribution in [2.24, 2.45) is 0 Å². The molecule has 106 valence electrons. The fraction of sp³-hybridized carbons (Fsp3) is 0.500. The van der Waals surface area contributed by atoms with Crippen LogP contribution >= 0.6 is 23.2 Å². The monoisotopic (exact) mass is 303 g/mol. The molecular weight excluding hydrogens is 285 g/mol. The lowest BCUT2D eigenvalue weighted by molar-refractivity contribution is -0.145. The number of carbonyl (C=O) groups excluding carboxylic acids is 1. The number of esters is 1. The molecule has 3 nitrogen and oxygen atoms in total. The van der Waals surface area contributed by atoms with Gasteiger partial charge < -0.3 is 4.74 Å². The molecule has 0 heterocycles.